The van der Waals surface area contributed by atoms with Crippen LogP contribution in [0.4, 0.5) is 0 Å². The Labute approximate surface area is 108 Å². The lowest BCUT2D eigenvalue weighted by molar-refractivity contribution is -0.138. The Bertz CT molecular complexity index is 422. The first-order valence-corrected chi connectivity index (χ1v) is 5.68. The molecular formula is C11H14BrNO4. The van der Waals surface area contributed by atoms with Gasteiger partial charge >= 0.3 is 5.97 Å². The maximum atomic E-state index is 10.8. The van der Waals surface area contributed by atoms with Crippen molar-refractivity contribution in [2.75, 3.05) is 14.2 Å². The number of carbonyl (C=O) groups is 1. The van der Waals surface area contributed by atoms with Gasteiger partial charge in [0.1, 0.15) is 17.5 Å². The molecule has 17 heavy (non-hydrogen) atoms. The van der Waals surface area contributed by atoms with Gasteiger partial charge in [-0.3, -0.25) is 4.79 Å². The van der Waals surface area contributed by atoms with Crippen molar-refractivity contribution in [2.45, 2.75) is 12.5 Å². The molecule has 0 aliphatic carbocycles. The molecule has 0 heterocycles. The normalized spacial score (nSPS) is 12.0. The van der Waals surface area contributed by atoms with Crippen molar-refractivity contribution in [1.82, 2.24) is 0 Å². The highest BCUT2D eigenvalue weighted by molar-refractivity contribution is 9.10. The highest BCUT2D eigenvalue weighted by Crippen LogP contribution is 2.35. The summed E-state index contributed by atoms with van der Waals surface area (Å²) in [6, 6.07) is 2.47. The number of nitrogens with two attached hydrogens (primary N) is 1. The Kier molecular flexibility index (Phi) is 4.77. The molecule has 0 aliphatic rings. The summed E-state index contributed by atoms with van der Waals surface area (Å²) in [6.45, 7) is 0. The maximum Gasteiger partial charge on any atom is 0.320 e. The lowest BCUT2D eigenvalue weighted by Gasteiger charge is -2.15. The van der Waals surface area contributed by atoms with Crippen LogP contribution in [0.15, 0.2) is 16.6 Å². The molecule has 0 fully saturated rings. The van der Waals surface area contributed by atoms with Gasteiger partial charge in [-0.1, -0.05) is 0 Å². The summed E-state index contributed by atoms with van der Waals surface area (Å²) in [7, 11) is 3.05. The average molecular weight is 304 g/mol. The molecule has 1 unspecified atom stereocenters. The molecule has 0 spiro atoms. The third-order valence-corrected chi connectivity index (χ3v) is 3.22. The average Bonchev–Trinajstić information content (AvgIpc) is 2.31. The van der Waals surface area contributed by atoms with Crippen LogP contribution in [-0.2, 0) is 11.2 Å². The van der Waals surface area contributed by atoms with Gasteiger partial charge in [-0.05, 0) is 28.1 Å². The van der Waals surface area contributed by atoms with E-state index in [2.05, 4.69) is 15.9 Å². The van der Waals surface area contributed by atoms with Crippen molar-refractivity contribution in [3.05, 3.63) is 22.2 Å². The molecule has 0 aromatic heterocycles. The largest absolute Gasteiger partial charge is 0.496 e. The minimum atomic E-state index is -1.05. The van der Waals surface area contributed by atoms with Crippen LogP contribution in [0.25, 0.3) is 0 Å². The van der Waals surface area contributed by atoms with E-state index >= 15 is 0 Å². The second-order valence-corrected chi connectivity index (χ2v) is 4.20. The van der Waals surface area contributed by atoms with Crippen LogP contribution in [0, 0.1) is 0 Å². The Balaban J connectivity index is 3.14. The highest BCUT2D eigenvalue weighted by Gasteiger charge is 2.19. The van der Waals surface area contributed by atoms with Gasteiger partial charge in [0.15, 0.2) is 0 Å². The number of ether oxygens (including phenoxy) is 2. The highest BCUT2D eigenvalue weighted by atomic mass is 79.9. The van der Waals surface area contributed by atoms with Gasteiger partial charge in [-0.25, -0.2) is 0 Å². The first-order chi connectivity index (χ1) is 8.01. The first-order valence-electron chi connectivity index (χ1n) is 4.89. The number of rotatable bonds is 5. The van der Waals surface area contributed by atoms with Crippen molar-refractivity contribution >= 4 is 21.9 Å². The fraction of sp³-hybridized carbons (Fsp3) is 0.364. The zero-order valence-electron chi connectivity index (χ0n) is 9.57. The van der Waals surface area contributed by atoms with Crippen LogP contribution >= 0.6 is 15.9 Å². The summed E-state index contributed by atoms with van der Waals surface area (Å²) in [6.07, 6.45) is 0.163. The standard InChI is InChI=1S/C11H14BrNO4/c1-16-8-3-4-9(17-2)10(12)6(8)5-7(13)11(14)15/h3-4,7H,5,13H2,1-2H3,(H,14,15). The summed E-state index contributed by atoms with van der Waals surface area (Å²) in [5.74, 6) is 0.134. The van der Waals surface area contributed by atoms with Crippen molar-refractivity contribution in [3.8, 4) is 11.5 Å². The lowest BCUT2D eigenvalue weighted by atomic mass is 10.1. The van der Waals surface area contributed by atoms with Crippen LogP contribution < -0.4 is 15.2 Å². The molecule has 1 aromatic carbocycles. The van der Waals surface area contributed by atoms with E-state index < -0.39 is 12.0 Å². The minimum Gasteiger partial charge on any atom is -0.496 e. The van der Waals surface area contributed by atoms with E-state index in [-0.39, 0.29) is 6.42 Å². The van der Waals surface area contributed by atoms with Crippen molar-refractivity contribution < 1.29 is 19.4 Å². The third-order valence-electron chi connectivity index (χ3n) is 2.35. The first kappa shape index (κ1) is 13.8. The van der Waals surface area contributed by atoms with Gasteiger partial charge in [0, 0.05) is 12.0 Å². The Morgan fingerprint density at radius 2 is 1.94 bits per heavy atom. The zero-order chi connectivity index (χ0) is 13.0. The molecule has 1 aromatic rings. The van der Waals surface area contributed by atoms with Crippen LogP contribution in [0.3, 0.4) is 0 Å². The molecule has 0 saturated carbocycles. The smallest absolute Gasteiger partial charge is 0.320 e. The second-order valence-electron chi connectivity index (χ2n) is 3.41. The molecule has 0 aliphatic heterocycles. The summed E-state index contributed by atoms with van der Waals surface area (Å²) < 4.78 is 11.0. The minimum absolute atomic E-state index is 0.163. The Morgan fingerprint density at radius 3 is 2.41 bits per heavy atom. The Hall–Kier alpha value is -1.27. The summed E-state index contributed by atoms with van der Waals surface area (Å²) in [5, 5.41) is 8.81. The number of methoxy groups -OCH3 is 2. The van der Waals surface area contributed by atoms with Gasteiger partial charge in [-0.2, -0.15) is 0 Å². The van der Waals surface area contributed by atoms with E-state index in [1.54, 1.807) is 12.1 Å². The van der Waals surface area contributed by atoms with Gasteiger partial charge in [0.2, 0.25) is 0 Å². The number of hydrogen-bond donors (Lipinski definition) is 2. The molecule has 3 N–H and O–H groups in total. The molecular weight excluding hydrogens is 290 g/mol. The van der Waals surface area contributed by atoms with Crippen LogP contribution in [0.2, 0.25) is 0 Å². The molecule has 94 valence electrons. The fourth-order valence-electron chi connectivity index (χ4n) is 1.43. The number of halogens is 1. The fourth-order valence-corrected chi connectivity index (χ4v) is 2.08. The maximum absolute atomic E-state index is 10.8. The van der Waals surface area contributed by atoms with E-state index in [0.29, 0.717) is 21.5 Å². The molecule has 6 heteroatoms. The van der Waals surface area contributed by atoms with Gasteiger partial charge in [0.25, 0.3) is 0 Å². The summed E-state index contributed by atoms with van der Waals surface area (Å²) in [5.41, 5.74) is 6.20. The molecule has 1 atom stereocenters. The number of aliphatic carboxylic acids is 1. The molecule has 1 rings (SSSR count). The number of hydrogen-bond acceptors (Lipinski definition) is 4. The van der Waals surface area contributed by atoms with Crippen LogP contribution in [-0.4, -0.2) is 31.3 Å². The molecule has 0 radical (unpaired) electrons. The lowest BCUT2D eigenvalue weighted by Crippen LogP contribution is -2.32. The third kappa shape index (κ3) is 3.10. The Morgan fingerprint density at radius 1 is 1.41 bits per heavy atom. The van der Waals surface area contributed by atoms with Gasteiger partial charge < -0.3 is 20.3 Å². The molecule has 0 amide bonds. The van der Waals surface area contributed by atoms with E-state index in [0.717, 1.165) is 0 Å². The molecule has 0 bridgehead atoms. The predicted octanol–water partition coefficient (Wildman–Crippen LogP) is 1.42. The van der Waals surface area contributed by atoms with Gasteiger partial charge in [-0.15, -0.1) is 0 Å². The monoisotopic (exact) mass is 303 g/mol. The summed E-state index contributed by atoms with van der Waals surface area (Å²) in [4.78, 5) is 10.8. The zero-order valence-corrected chi connectivity index (χ0v) is 11.2. The topological polar surface area (TPSA) is 81.8 Å². The number of benzene rings is 1. The number of carboxylic acid groups (broad SMARTS) is 1. The quantitative estimate of drug-likeness (QED) is 0.860. The summed E-state index contributed by atoms with van der Waals surface area (Å²) >= 11 is 3.36. The molecule has 0 saturated heterocycles. The molecule has 5 nitrogen and oxygen atoms in total. The van der Waals surface area contributed by atoms with Crippen molar-refractivity contribution in [2.24, 2.45) is 5.73 Å². The predicted molar refractivity (Wildman–Crippen MR) is 66.6 cm³/mol. The van der Waals surface area contributed by atoms with Crippen molar-refractivity contribution in [3.63, 3.8) is 0 Å². The van der Waals surface area contributed by atoms with Crippen LogP contribution in [0.1, 0.15) is 5.56 Å². The number of carboxylic acids is 1. The van der Waals surface area contributed by atoms with Crippen LogP contribution in [0.5, 0.6) is 11.5 Å². The second kappa shape index (κ2) is 5.88. The van der Waals surface area contributed by atoms with E-state index in [1.165, 1.54) is 14.2 Å². The van der Waals surface area contributed by atoms with E-state index in [9.17, 15) is 4.79 Å². The SMILES string of the molecule is COc1ccc(OC)c(CC(N)C(=O)O)c1Br. The van der Waals surface area contributed by atoms with Gasteiger partial charge in [0.05, 0.1) is 18.7 Å². The van der Waals surface area contributed by atoms with E-state index in [1.807, 2.05) is 0 Å². The van der Waals surface area contributed by atoms with Crippen molar-refractivity contribution in [1.29, 1.82) is 0 Å². The van der Waals surface area contributed by atoms with E-state index in [4.69, 9.17) is 20.3 Å².